The predicted molar refractivity (Wildman–Crippen MR) is 137 cm³/mol. The highest BCUT2D eigenvalue weighted by molar-refractivity contribution is 5.84. The van der Waals surface area contributed by atoms with Crippen LogP contribution in [0, 0.1) is 30.5 Å². The summed E-state index contributed by atoms with van der Waals surface area (Å²) in [5.74, 6) is 0.958. The second kappa shape index (κ2) is 9.83. The van der Waals surface area contributed by atoms with Crippen molar-refractivity contribution in [1.82, 2.24) is 19.5 Å². The standard InChI is InChI=1S/C29H25F3N4O3/c1-3-38-28(37)26-20-8-17(9-21(20)26)27-33-12-18(13-34-27)19-10-24-23(11-22(19)30)35-15(2)36(24)14-16-6-4-5-7-25(16)39-29(31)32/h4-8,10-13,20-21,26,29H,3,9,14H2,1-2H3. The Bertz CT molecular complexity index is 1600. The minimum Gasteiger partial charge on any atom is -0.466 e. The van der Waals surface area contributed by atoms with Crippen LogP contribution in [0.3, 0.4) is 0 Å². The molecule has 10 heteroatoms. The average Bonchev–Trinajstić information content (AvgIpc) is 3.25. The second-order valence-electron chi connectivity index (χ2n) is 9.76. The molecule has 0 amide bonds. The van der Waals surface area contributed by atoms with Crippen LogP contribution in [0.4, 0.5) is 13.2 Å². The highest BCUT2D eigenvalue weighted by atomic mass is 19.3. The molecule has 0 spiro atoms. The smallest absolute Gasteiger partial charge is 0.387 e. The topological polar surface area (TPSA) is 79.1 Å². The number of nitrogens with zero attached hydrogens (tertiary/aromatic N) is 4. The lowest BCUT2D eigenvalue weighted by atomic mass is 10.1. The molecule has 3 atom stereocenters. The lowest BCUT2D eigenvalue weighted by Gasteiger charge is -2.13. The zero-order valence-electron chi connectivity index (χ0n) is 21.3. The molecule has 0 aliphatic heterocycles. The van der Waals surface area contributed by atoms with Crippen molar-refractivity contribution in [2.24, 2.45) is 17.8 Å². The van der Waals surface area contributed by atoms with Gasteiger partial charge in [0.1, 0.15) is 17.4 Å². The number of carbonyl (C=O) groups excluding carboxylic acids is 1. The van der Waals surface area contributed by atoms with Crippen molar-refractivity contribution in [2.45, 2.75) is 33.4 Å². The van der Waals surface area contributed by atoms with Crippen LogP contribution < -0.4 is 4.74 Å². The summed E-state index contributed by atoms with van der Waals surface area (Å²) >= 11 is 0. The van der Waals surface area contributed by atoms with E-state index in [0.717, 1.165) is 5.57 Å². The van der Waals surface area contributed by atoms with Gasteiger partial charge in [-0.25, -0.2) is 19.3 Å². The summed E-state index contributed by atoms with van der Waals surface area (Å²) in [7, 11) is 0. The SMILES string of the molecule is CCOC(=O)C1C2C=C(c3ncc(-c4cc5c(cc4F)nc(C)n5Cc4ccccc4OC(F)F)cn3)CC21. The maximum atomic E-state index is 15.2. The van der Waals surface area contributed by atoms with E-state index in [1.807, 2.05) is 10.6 Å². The third-order valence-corrected chi connectivity index (χ3v) is 7.43. The highest BCUT2D eigenvalue weighted by Gasteiger charge is 2.57. The summed E-state index contributed by atoms with van der Waals surface area (Å²) in [6.45, 7) is 1.22. The second-order valence-corrected chi connectivity index (χ2v) is 9.76. The molecule has 0 radical (unpaired) electrons. The number of fused-ring (bicyclic) bond motifs is 2. The minimum absolute atomic E-state index is 0.0731. The molecule has 200 valence electrons. The summed E-state index contributed by atoms with van der Waals surface area (Å²) in [5, 5.41) is 0. The molecule has 2 aromatic carbocycles. The summed E-state index contributed by atoms with van der Waals surface area (Å²) in [6, 6.07) is 9.59. The quantitative estimate of drug-likeness (QED) is 0.266. The number of esters is 1. The van der Waals surface area contributed by atoms with Crippen molar-refractivity contribution in [2.75, 3.05) is 6.61 Å². The van der Waals surface area contributed by atoms with Crippen LogP contribution in [-0.4, -0.2) is 38.7 Å². The van der Waals surface area contributed by atoms with Crippen LogP contribution in [0.25, 0.3) is 27.7 Å². The lowest BCUT2D eigenvalue weighted by molar-refractivity contribution is -0.145. The first kappa shape index (κ1) is 25.1. The maximum absolute atomic E-state index is 15.2. The summed E-state index contributed by atoms with van der Waals surface area (Å²) in [4.78, 5) is 25.4. The van der Waals surface area contributed by atoms with Crippen LogP contribution >= 0.6 is 0 Å². The van der Waals surface area contributed by atoms with Crippen LogP contribution in [0.15, 0.2) is 54.9 Å². The number of ether oxygens (including phenoxy) is 2. The molecule has 0 N–H and O–H groups in total. The maximum Gasteiger partial charge on any atom is 0.387 e. The van der Waals surface area contributed by atoms with Gasteiger partial charge in [-0.05, 0) is 49.8 Å². The average molecular weight is 535 g/mol. The van der Waals surface area contributed by atoms with E-state index in [-0.39, 0.29) is 36.0 Å². The molecule has 0 saturated heterocycles. The lowest BCUT2D eigenvalue weighted by Crippen LogP contribution is -2.10. The van der Waals surface area contributed by atoms with E-state index in [1.165, 1.54) is 12.1 Å². The first-order valence-electron chi connectivity index (χ1n) is 12.7. The Hall–Kier alpha value is -4.21. The number of para-hydroxylation sites is 1. The van der Waals surface area contributed by atoms with E-state index < -0.39 is 12.4 Å². The molecular weight excluding hydrogens is 509 g/mol. The van der Waals surface area contributed by atoms with Gasteiger partial charge in [0.05, 0.1) is 30.1 Å². The van der Waals surface area contributed by atoms with E-state index in [0.29, 0.717) is 52.4 Å². The van der Waals surface area contributed by atoms with Crippen LogP contribution in [-0.2, 0) is 16.1 Å². The largest absolute Gasteiger partial charge is 0.466 e. The Morgan fingerprint density at radius 2 is 1.95 bits per heavy atom. The number of imidazole rings is 1. The first-order valence-corrected chi connectivity index (χ1v) is 12.7. The number of aryl methyl sites for hydroxylation is 1. The predicted octanol–water partition coefficient (Wildman–Crippen LogP) is 5.80. The number of carbonyl (C=O) groups is 1. The summed E-state index contributed by atoms with van der Waals surface area (Å²) in [5.41, 5.74) is 3.42. The molecule has 1 saturated carbocycles. The number of hydrogen-bond donors (Lipinski definition) is 0. The van der Waals surface area contributed by atoms with Gasteiger partial charge in [0.25, 0.3) is 0 Å². The molecular formula is C29H25F3N4O3. The molecule has 2 aromatic heterocycles. The molecule has 2 heterocycles. The van der Waals surface area contributed by atoms with Gasteiger partial charge in [0.15, 0.2) is 5.82 Å². The van der Waals surface area contributed by atoms with Gasteiger partial charge in [-0.3, -0.25) is 4.79 Å². The van der Waals surface area contributed by atoms with Gasteiger partial charge in [0, 0.05) is 35.2 Å². The van der Waals surface area contributed by atoms with Gasteiger partial charge in [-0.2, -0.15) is 8.78 Å². The van der Waals surface area contributed by atoms with Crippen molar-refractivity contribution in [3.63, 3.8) is 0 Å². The number of hydrogen-bond acceptors (Lipinski definition) is 6. The summed E-state index contributed by atoms with van der Waals surface area (Å²) in [6.07, 6.45) is 5.92. The van der Waals surface area contributed by atoms with Crippen LogP contribution in [0.5, 0.6) is 5.75 Å². The Kier molecular flexibility index (Phi) is 6.32. The van der Waals surface area contributed by atoms with Crippen molar-refractivity contribution < 1.29 is 27.4 Å². The minimum atomic E-state index is -2.94. The Balaban J connectivity index is 1.27. The molecule has 39 heavy (non-hydrogen) atoms. The van der Waals surface area contributed by atoms with Gasteiger partial charge in [0.2, 0.25) is 0 Å². The van der Waals surface area contributed by atoms with Crippen molar-refractivity contribution in [3.8, 4) is 16.9 Å². The number of allylic oxidation sites excluding steroid dienone is 2. The Morgan fingerprint density at radius 3 is 2.64 bits per heavy atom. The van der Waals surface area contributed by atoms with E-state index >= 15 is 4.39 Å². The zero-order valence-corrected chi connectivity index (χ0v) is 21.3. The van der Waals surface area contributed by atoms with Crippen molar-refractivity contribution >= 4 is 22.6 Å². The van der Waals surface area contributed by atoms with Crippen LogP contribution in [0.1, 0.15) is 30.6 Å². The summed E-state index contributed by atoms with van der Waals surface area (Å²) < 4.78 is 52.6. The number of benzene rings is 2. The molecule has 0 bridgehead atoms. The Labute approximate surface area is 222 Å². The van der Waals surface area contributed by atoms with E-state index in [1.54, 1.807) is 50.5 Å². The van der Waals surface area contributed by atoms with Crippen molar-refractivity contribution in [3.05, 3.63) is 77.9 Å². The Morgan fingerprint density at radius 1 is 1.18 bits per heavy atom. The molecule has 4 aromatic rings. The molecule has 1 fully saturated rings. The molecule has 2 aliphatic rings. The third kappa shape index (κ3) is 4.64. The fourth-order valence-corrected chi connectivity index (χ4v) is 5.52. The third-order valence-electron chi connectivity index (χ3n) is 7.43. The molecule has 3 unspecified atom stereocenters. The first-order chi connectivity index (χ1) is 18.8. The normalized spacial score (nSPS) is 19.7. The van der Waals surface area contributed by atoms with Gasteiger partial charge < -0.3 is 14.0 Å². The number of aromatic nitrogens is 4. The zero-order chi connectivity index (χ0) is 27.3. The van der Waals surface area contributed by atoms with E-state index in [4.69, 9.17) is 4.74 Å². The van der Waals surface area contributed by atoms with Gasteiger partial charge in [-0.15, -0.1) is 0 Å². The van der Waals surface area contributed by atoms with E-state index in [9.17, 15) is 13.6 Å². The van der Waals surface area contributed by atoms with Crippen molar-refractivity contribution in [1.29, 1.82) is 0 Å². The molecule has 2 aliphatic carbocycles. The van der Waals surface area contributed by atoms with Gasteiger partial charge >= 0.3 is 12.6 Å². The molecule has 7 nitrogen and oxygen atoms in total. The van der Waals surface area contributed by atoms with Gasteiger partial charge in [-0.1, -0.05) is 24.3 Å². The van der Waals surface area contributed by atoms with Crippen LogP contribution in [0.2, 0.25) is 0 Å². The molecule has 6 rings (SSSR count). The fourth-order valence-electron chi connectivity index (χ4n) is 5.52. The monoisotopic (exact) mass is 534 g/mol. The number of rotatable bonds is 8. The van der Waals surface area contributed by atoms with E-state index in [2.05, 4.69) is 19.7 Å². The highest BCUT2D eigenvalue weighted by Crippen LogP contribution is 2.58. The number of halogens is 3. The number of alkyl halides is 2. The fraction of sp³-hybridized carbons (Fsp3) is 0.310.